The number of carbonyl (C=O) groups excluding carboxylic acids is 1. The summed E-state index contributed by atoms with van der Waals surface area (Å²) in [6.07, 6.45) is 9.59. The average Bonchev–Trinajstić information content (AvgIpc) is 3.09. The summed E-state index contributed by atoms with van der Waals surface area (Å²) in [5.74, 6) is -0.0409. The zero-order valence-corrected chi connectivity index (χ0v) is 11.7. The van der Waals surface area contributed by atoms with Gasteiger partial charge < -0.3 is 0 Å². The molecule has 0 aliphatic rings. The van der Waals surface area contributed by atoms with Gasteiger partial charge >= 0.3 is 0 Å². The first-order valence-corrected chi connectivity index (χ1v) is 6.39. The third-order valence-electron chi connectivity index (χ3n) is 2.95. The van der Waals surface area contributed by atoms with Gasteiger partial charge in [0.05, 0.1) is 12.7 Å². The lowest BCUT2D eigenvalue weighted by atomic mass is 10.0. The van der Waals surface area contributed by atoms with Crippen molar-refractivity contribution in [1.29, 1.82) is 0 Å². The van der Waals surface area contributed by atoms with Crippen LogP contribution in [0.1, 0.15) is 10.4 Å². The van der Waals surface area contributed by atoms with E-state index in [2.05, 4.69) is 25.5 Å². The van der Waals surface area contributed by atoms with Crippen molar-refractivity contribution in [2.24, 2.45) is 0 Å². The number of hydrogen-bond donors (Lipinski definition) is 1. The molecule has 0 aromatic carbocycles. The van der Waals surface area contributed by atoms with Crippen molar-refractivity contribution >= 4 is 5.91 Å². The van der Waals surface area contributed by atoms with Crippen molar-refractivity contribution in [3.63, 3.8) is 0 Å². The molecular weight excluding hydrogens is 284 g/mol. The molecule has 0 aliphatic heterocycles. The minimum atomic E-state index is -0.431. The number of hydroxylamine groups is 1. The standard InChI is InChI=1S/C14H12N6O2/c1-22-19-14(21)12-11(10-7-15-9-16-8-10)3-5-17-13(12)20-6-2-4-18-20/h2-9H,1H3,(H,19,21). The summed E-state index contributed by atoms with van der Waals surface area (Å²) in [4.78, 5) is 29.3. The van der Waals surface area contributed by atoms with E-state index in [4.69, 9.17) is 4.84 Å². The zero-order chi connectivity index (χ0) is 15.4. The summed E-state index contributed by atoms with van der Waals surface area (Å²) in [5.41, 5.74) is 3.96. The van der Waals surface area contributed by atoms with E-state index in [0.29, 0.717) is 22.5 Å². The summed E-state index contributed by atoms with van der Waals surface area (Å²) in [6, 6.07) is 3.47. The van der Waals surface area contributed by atoms with E-state index in [1.165, 1.54) is 18.1 Å². The van der Waals surface area contributed by atoms with Crippen molar-refractivity contribution in [2.75, 3.05) is 7.11 Å². The number of nitrogens with zero attached hydrogens (tertiary/aromatic N) is 5. The molecule has 3 rings (SSSR count). The molecule has 0 spiro atoms. The van der Waals surface area contributed by atoms with Gasteiger partial charge in [-0.25, -0.2) is 25.1 Å². The summed E-state index contributed by atoms with van der Waals surface area (Å²) in [5, 5.41) is 4.13. The van der Waals surface area contributed by atoms with E-state index in [1.54, 1.807) is 43.1 Å². The maximum absolute atomic E-state index is 12.4. The second-order valence-corrected chi connectivity index (χ2v) is 4.27. The van der Waals surface area contributed by atoms with Crippen LogP contribution >= 0.6 is 0 Å². The second kappa shape index (κ2) is 6.10. The molecule has 1 amide bonds. The van der Waals surface area contributed by atoms with Crippen molar-refractivity contribution in [3.05, 3.63) is 55.0 Å². The van der Waals surface area contributed by atoms with Crippen molar-refractivity contribution in [2.45, 2.75) is 0 Å². The smallest absolute Gasteiger partial charge is 0.277 e. The van der Waals surface area contributed by atoms with Gasteiger partial charge in [0, 0.05) is 42.1 Å². The highest BCUT2D eigenvalue weighted by atomic mass is 16.6. The van der Waals surface area contributed by atoms with Crippen LogP contribution in [0.3, 0.4) is 0 Å². The van der Waals surface area contributed by atoms with E-state index in [9.17, 15) is 4.79 Å². The maximum atomic E-state index is 12.4. The Morgan fingerprint density at radius 3 is 2.77 bits per heavy atom. The fraction of sp³-hybridized carbons (Fsp3) is 0.0714. The Hall–Kier alpha value is -3.13. The van der Waals surface area contributed by atoms with Crippen LogP contribution < -0.4 is 5.48 Å². The highest BCUT2D eigenvalue weighted by molar-refractivity contribution is 6.03. The van der Waals surface area contributed by atoms with Crippen LogP contribution in [0.25, 0.3) is 16.9 Å². The fourth-order valence-electron chi connectivity index (χ4n) is 2.06. The number of nitrogens with one attached hydrogen (secondary N) is 1. The molecule has 8 heteroatoms. The lowest BCUT2D eigenvalue weighted by Gasteiger charge is -2.13. The van der Waals surface area contributed by atoms with Crippen molar-refractivity contribution in [1.82, 2.24) is 30.2 Å². The van der Waals surface area contributed by atoms with Gasteiger partial charge in [-0.05, 0) is 12.1 Å². The lowest BCUT2D eigenvalue weighted by molar-refractivity contribution is 0.0538. The monoisotopic (exact) mass is 296 g/mol. The number of pyridine rings is 1. The van der Waals surface area contributed by atoms with E-state index < -0.39 is 5.91 Å². The third kappa shape index (κ3) is 2.54. The SMILES string of the molecule is CONC(=O)c1c(-c2cncnc2)ccnc1-n1cccn1. The van der Waals surface area contributed by atoms with E-state index in [0.717, 1.165) is 0 Å². The van der Waals surface area contributed by atoms with Crippen LogP contribution in [-0.2, 0) is 4.84 Å². The van der Waals surface area contributed by atoms with E-state index in [1.807, 2.05) is 0 Å². The third-order valence-corrected chi connectivity index (χ3v) is 2.95. The summed E-state index contributed by atoms with van der Waals surface area (Å²) in [7, 11) is 1.37. The Kier molecular flexibility index (Phi) is 3.84. The molecule has 110 valence electrons. The lowest BCUT2D eigenvalue weighted by Crippen LogP contribution is -2.25. The average molecular weight is 296 g/mol. The molecule has 3 aromatic heterocycles. The molecule has 0 unspecified atom stereocenters. The first-order valence-electron chi connectivity index (χ1n) is 6.39. The van der Waals surface area contributed by atoms with Gasteiger partial charge in [0.25, 0.3) is 5.91 Å². The van der Waals surface area contributed by atoms with Gasteiger partial charge in [-0.2, -0.15) is 5.10 Å². The highest BCUT2D eigenvalue weighted by Crippen LogP contribution is 2.25. The Labute approximate surface area is 125 Å². The summed E-state index contributed by atoms with van der Waals surface area (Å²) >= 11 is 0. The summed E-state index contributed by atoms with van der Waals surface area (Å²) < 4.78 is 1.51. The fourth-order valence-corrected chi connectivity index (χ4v) is 2.06. The molecule has 0 saturated carbocycles. The predicted octanol–water partition coefficient (Wildman–Crippen LogP) is 1.02. The number of rotatable bonds is 4. The number of amides is 1. The predicted molar refractivity (Wildman–Crippen MR) is 76.9 cm³/mol. The molecule has 0 bridgehead atoms. The Bertz CT molecular complexity index is 773. The van der Waals surface area contributed by atoms with Gasteiger partial charge in [0.2, 0.25) is 0 Å². The Balaban J connectivity index is 2.22. The molecule has 22 heavy (non-hydrogen) atoms. The number of aromatic nitrogens is 5. The van der Waals surface area contributed by atoms with Gasteiger partial charge in [-0.15, -0.1) is 0 Å². The topological polar surface area (TPSA) is 94.8 Å². The van der Waals surface area contributed by atoms with Gasteiger partial charge in [-0.1, -0.05) is 0 Å². The minimum Gasteiger partial charge on any atom is -0.277 e. The molecule has 0 radical (unpaired) electrons. The van der Waals surface area contributed by atoms with Gasteiger partial charge in [0.15, 0.2) is 5.82 Å². The molecule has 0 saturated heterocycles. The molecule has 3 aromatic rings. The first-order chi connectivity index (χ1) is 10.8. The van der Waals surface area contributed by atoms with Crippen LogP contribution in [0, 0.1) is 0 Å². The molecule has 0 fully saturated rings. The van der Waals surface area contributed by atoms with Crippen molar-refractivity contribution in [3.8, 4) is 16.9 Å². The Morgan fingerprint density at radius 1 is 1.27 bits per heavy atom. The highest BCUT2D eigenvalue weighted by Gasteiger charge is 2.20. The molecule has 1 N–H and O–H groups in total. The second-order valence-electron chi connectivity index (χ2n) is 4.27. The molecular formula is C14H12N6O2. The van der Waals surface area contributed by atoms with E-state index in [-0.39, 0.29) is 0 Å². The van der Waals surface area contributed by atoms with Crippen LogP contribution in [0.2, 0.25) is 0 Å². The first kappa shape index (κ1) is 13.8. The molecule has 3 heterocycles. The molecule has 0 atom stereocenters. The Morgan fingerprint density at radius 2 is 2.09 bits per heavy atom. The van der Waals surface area contributed by atoms with E-state index >= 15 is 0 Å². The van der Waals surface area contributed by atoms with Crippen molar-refractivity contribution < 1.29 is 9.63 Å². The zero-order valence-electron chi connectivity index (χ0n) is 11.7. The maximum Gasteiger partial charge on any atom is 0.279 e. The van der Waals surface area contributed by atoms with Gasteiger partial charge in [-0.3, -0.25) is 9.63 Å². The van der Waals surface area contributed by atoms with Crippen LogP contribution in [0.5, 0.6) is 0 Å². The number of carbonyl (C=O) groups is 1. The molecule has 8 nitrogen and oxygen atoms in total. The number of hydrogen-bond acceptors (Lipinski definition) is 6. The van der Waals surface area contributed by atoms with Crippen LogP contribution in [0.4, 0.5) is 0 Å². The normalized spacial score (nSPS) is 10.4. The largest absolute Gasteiger partial charge is 0.279 e. The summed E-state index contributed by atoms with van der Waals surface area (Å²) in [6.45, 7) is 0. The minimum absolute atomic E-state index is 0.322. The molecule has 0 aliphatic carbocycles. The van der Waals surface area contributed by atoms with Crippen LogP contribution in [-0.4, -0.2) is 37.7 Å². The van der Waals surface area contributed by atoms with Gasteiger partial charge in [0.1, 0.15) is 6.33 Å². The van der Waals surface area contributed by atoms with Crippen LogP contribution in [0.15, 0.2) is 49.4 Å². The quantitative estimate of drug-likeness (QED) is 0.722.